The Bertz CT molecular complexity index is 1480. The molecule has 0 N–H and O–H groups in total. The molecule has 5 rings (SSSR count). The molecule has 4 aromatic rings. The number of aromatic nitrogens is 6. The van der Waals surface area contributed by atoms with Gasteiger partial charge in [0, 0.05) is 31.4 Å². The number of hydrogen-bond donors (Lipinski definition) is 0. The number of aryl methyl sites for hydroxylation is 2. The van der Waals surface area contributed by atoms with E-state index in [-0.39, 0.29) is 23.9 Å². The first kappa shape index (κ1) is 25.6. The largest absolute Gasteiger partial charge is 0.480 e. The fourth-order valence-corrected chi connectivity index (χ4v) is 4.26. The summed E-state index contributed by atoms with van der Waals surface area (Å²) in [6.45, 7) is 1.85. The minimum Gasteiger partial charge on any atom is -0.480 e. The van der Waals surface area contributed by atoms with Crippen molar-refractivity contribution in [2.75, 3.05) is 7.11 Å². The number of hydrogen-bond acceptors (Lipinski definition) is 7. The van der Waals surface area contributed by atoms with E-state index >= 15 is 4.39 Å². The van der Waals surface area contributed by atoms with Crippen molar-refractivity contribution in [1.82, 2.24) is 29.5 Å². The zero-order chi connectivity index (χ0) is 27.0. The molecule has 12 heteroatoms. The Morgan fingerprint density at radius 2 is 1.87 bits per heavy atom. The number of alkyl halides is 3. The molecule has 0 amide bonds. The SMILES string of the molecule is CCc1cc(-c2nc(C(F)(F)F)cn2C)c(F)cc1COc1ccnc(-c2c(OC)ncnc2C2CC2)n1. The first-order valence-corrected chi connectivity index (χ1v) is 12.0. The van der Waals surface area contributed by atoms with Crippen molar-refractivity contribution >= 4 is 0 Å². The van der Waals surface area contributed by atoms with Crippen LogP contribution in [0.5, 0.6) is 11.8 Å². The van der Waals surface area contributed by atoms with E-state index in [0.29, 0.717) is 40.7 Å². The first-order chi connectivity index (χ1) is 18.2. The summed E-state index contributed by atoms with van der Waals surface area (Å²) in [7, 11) is 2.91. The van der Waals surface area contributed by atoms with E-state index in [4.69, 9.17) is 9.47 Å². The van der Waals surface area contributed by atoms with Gasteiger partial charge < -0.3 is 14.0 Å². The van der Waals surface area contributed by atoms with Crippen LogP contribution >= 0.6 is 0 Å². The van der Waals surface area contributed by atoms with Crippen LogP contribution in [0.3, 0.4) is 0 Å². The van der Waals surface area contributed by atoms with E-state index in [0.717, 1.165) is 29.3 Å². The number of benzene rings is 1. The summed E-state index contributed by atoms with van der Waals surface area (Å²) in [5.74, 6) is 0.472. The lowest BCUT2D eigenvalue weighted by atomic mass is 10.0. The molecule has 1 aromatic carbocycles. The topological polar surface area (TPSA) is 87.8 Å². The highest BCUT2D eigenvalue weighted by Crippen LogP contribution is 2.45. The second-order valence-electron chi connectivity index (χ2n) is 8.94. The second-order valence-corrected chi connectivity index (χ2v) is 8.94. The smallest absolute Gasteiger partial charge is 0.434 e. The van der Waals surface area contributed by atoms with Crippen molar-refractivity contribution in [3.05, 3.63) is 65.3 Å². The van der Waals surface area contributed by atoms with Gasteiger partial charge in [0.05, 0.1) is 18.4 Å². The van der Waals surface area contributed by atoms with E-state index in [9.17, 15) is 13.2 Å². The third-order valence-corrected chi connectivity index (χ3v) is 6.31. The fraction of sp³-hybridized carbons (Fsp3) is 0.346. The van der Waals surface area contributed by atoms with Crippen LogP contribution in [0.15, 0.2) is 36.9 Å². The highest BCUT2D eigenvalue weighted by Gasteiger charge is 2.35. The molecule has 1 fully saturated rings. The van der Waals surface area contributed by atoms with Crippen LogP contribution in [0, 0.1) is 5.82 Å². The molecular formula is C26H24F4N6O2. The molecular weight excluding hydrogens is 504 g/mol. The third-order valence-electron chi connectivity index (χ3n) is 6.31. The van der Waals surface area contributed by atoms with Gasteiger partial charge in [0.25, 0.3) is 0 Å². The number of halogens is 4. The van der Waals surface area contributed by atoms with Crippen molar-refractivity contribution in [2.24, 2.45) is 7.05 Å². The van der Waals surface area contributed by atoms with Crippen molar-refractivity contribution in [2.45, 2.75) is 44.9 Å². The monoisotopic (exact) mass is 528 g/mol. The van der Waals surface area contributed by atoms with Gasteiger partial charge >= 0.3 is 6.18 Å². The lowest BCUT2D eigenvalue weighted by molar-refractivity contribution is -0.140. The lowest BCUT2D eigenvalue weighted by Gasteiger charge is -2.14. The van der Waals surface area contributed by atoms with Crippen LogP contribution in [0.2, 0.25) is 0 Å². The number of nitrogens with zero attached hydrogens (tertiary/aromatic N) is 6. The number of methoxy groups -OCH3 is 1. The van der Waals surface area contributed by atoms with E-state index in [1.165, 1.54) is 32.6 Å². The molecule has 0 aliphatic heterocycles. The normalized spacial score (nSPS) is 13.6. The summed E-state index contributed by atoms with van der Waals surface area (Å²) in [6.07, 6.45) is 1.74. The number of ether oxygens (including phenoxy) is 2. The van der Waals surface area contributed by atoms with Gasteiger partial charge in [-0.25, -0.2) is 24.3 Å². The van der Waals surface area contributed by atoms with Gasteiger partial charge in [-0.05, 0) is 42.5 Å². The van der Waals surface area contributed by atoms with Crippen molar-refractivity contribution in [3.63, 3.8) is 0 Å². The van der Waals surface area contributed by atoms with Gasteiger partial charge in [-0.2, -0.15) is 18.2 Å². The van der Waals surface area contributed by atoms with Gasteiger partial charge in [0.2, 0.25) is 11.8 Å². The summed E-state index contributed by atoms with van der Waals surface area (Å²) < 4.78 is 66.9. The standard InChI is InChI=1S/C26H24F4N6O2/c1-4-14-9-17(24-34-19(11-36(24)2)26(28,29)30)18(27)10-16(14)12-38-20-7-8-31-23(35-20)21-22(15-5-6-15)32-13-33-25(21)37-3/h7-11,13,15H,4-6,12H2,1-3H3. The Morgan fingerprint density at radius 1 is 1.08 bits per heavy atom. The van der Waals surface area contributed by atoms with E-state index in [2.05, 4.69) is 24.9 Å². The second kappa shape index (κ2) is 9.99. The van der Waals surface area contributed by atoms with Gasteiger partial charge in [0.1, 0.15) is 30.1 Å². The Labute approximate surface area is 215 Å². The number of imidazole rings is 1. The zero-order valence-corrected chi connectivity index (χ0v) is 20.9. The molecule has 0 saturated heterocycles. The molecule has 0 radical (unpaired) electrons. The molecule has 0 atom stereocenters. The minimum atomic E-state index is -4.63. The molecule has 38 heavy (non-hydrogen) atoms. The van der Waals surface area contributed by atoms with Crippen molar-refractivity contribution in [3.8, 4) is 34.5 Å². The molecule has 1 aliphatic carbocycles. The Balaban J connectivity index is 1.42. The predicted octanol–water partition coefficient (Wildman–Crippen LogP) is 5.52. The highest BCUT2D eigenvalue weighted by atomic mass is 19.4. The molecule has 1 saturated carbocycles. The van der Waals surface area contributed by atoms with Crippen LogP contribution in [0.25, 0.3) is 22.8 Å². The fourth-order valence-electron chi connectivity index (χ4n) is 4.26. The summed E-state index contributed by atoms with van der Waals surface area (Å²) in [4.78, 5) is 21.1. The van der Waals surface area contributed by atoms with E-state index in [1.54, 1.807) is 12.3 Å². The maximum absolute atomic E-state index is 15.1. The van der Waals surface area contributed by atoms with Crippen LogP contribution < -0.4 is 9.47 Å². The summed E-state index contributed by atoms with van der Waals surface area (Å²) in [5.41, 5.74) is 1.59. The third kappa shape index (κ3) is 5.02. The maximum atomic E-state index is 15.1. The zero-order valence-electron chi connectivity index (χ0n) is 20.9. The maximum Gasteiger partial charge on any atom is 0.434 e. The molecule has 1 aliphatic rings. The molecule has 0 bridgehead atoms. The van der Waals surface area contributed by atoms with Gasteiger partial charge in [-0.15, -0.1) is 0 Å². The first-order valence-electron chi connectivity index (χ1n) is 12.0. The van der Waals surface area contributed by atoms with Gasteiger partial charge in [-0.3, -0.25) is 0 Å². The average molecular weight is 529 g/mol. The average Bonchev–Trinajstić information content (AvgIpc) is 3.67. The molecule has 0 spiro atoms. The lowest BCUT2D eigenvalue weighted by Crippen LogP contribution is -2.06. The van der Waals surface area contributed by atoms with E-state index < -0.39 is 17.7 Å². The molecule has 3 heterocycles. The molecule has 0 unspecified atom stereocenters. The van der Waals surface area contributed by atoms with Crippen molar-refractivity contribution < 1.29 is 27.0 Å². The molecule has 198 valence electrons. The Kier molecular flexibility index (Phi) is 6.72. The summed E-state index contributed by atoms with van der Waals surface area (Å²) >= 11 is 0. The minimum absolute atomic E-state index is 0.0108. The van der Waals surface area contributed by atoms with Gasteiger partial charge in [-0.1, -0.05) is 6.92 Å². The highest BCUT2D eigenvalue weighted by molar-refractivity contribution is 5.66. The Hall–Kier alpha value is -4.09. The molecule has 8 nitrogen and oxygen atoms in total. The molecule has 3 aromatic heterocycles. The quantitative estimate of drug-likeness (QED) is 0.278. The predicted molar refractivity (Wildman–Crippen MR) is 129 cm³/mol. The van der Waals surface area contributed by atoms with E-state index in [1.807, 2.05) is 6.92 Å². The van der Waals surface area contributed by atoms with Crippen LogP contribution in [-0.2, 0) is 26.3 Å². The van der Waals surface area contributed by atoms with Crippen LogP contribution in [0.4, 0.5) is 17.6 Å². The number of rotatable bonds is 8. The summed E-state index contributed by atoms with van der Waals surface area (Å²) in [5, 5.41) is 0. The van der Waals surface area contributed by atoms with Gasteiger partial charge in [0.15, 0.2) is 11.5 Å². The summed E-state index contributed by atoms with van der Waals surface area (Å²) in [6, 6.07) is 4.35. The van der Waals surface area contributed by atoms with Crippen LogP contribution in [-0.4, -0.2) is 36.6 Å². The van der Waals surface area contributed by atoms with Crippen LogP contribution in [0.1, 0.15) is 48.2 Å². The van der Waals surface area contributed by atoms with Crippen molar-refractivity contribution in [1.29, 1.82) is 0 Å². The Morgan fingerprint density at radius 3 is 2.53 bits per heavy atom.